The molecule has 0 radical (unpaired) electrons. The van der Waals surface area contributed by atoms with Gasteiger partial charge in [0.15, 0.2) is 5.13 Å². The lowest BCUT2D eigenvalue weighted by Gasteiger charge is -2.04. The molecule has 0 aliphatic carbocycles. The zero-order valence-corrected chi connectivity index (χ0v) is 13.7. The van der Waals surface area contributed by atoms with Gasteiger partial charge in [-0.15, -0.1) is 11.3 Å². The fourth-order valence-electron chi connectivity index (χ4n) is 2.10. The number of anilines is 3. The van der Waals surface area contributed by atoms with Gasteiger partial charge < -0.3 is 10.6 Å². The largest absolute Gasteiger partial charge is 0.326 e. The van der Waals surface area contributed by atoms with Gasteiger partial charge in [-0.2, -0.15) is 0 Å². The van der Waals surface area contributed by atoms with Gasteiger partial charge in [0.2, 0.25) is 5.91 Å². The first-order chi connectivity index (χ1) is 11.6. The van der Waals surface area contributed by atoms with Crippen molar-refractivity contribution in [1.82, 2.24) is 9.97 Å². The topological polar surface area (TPSA) is 66.9 Å². The van der Waals surface area contributed by atoms with Crippen LogP contribution in [-0.4, -0.2) is 15.9 Å². The number of benzene rings is 1. The molecule has 3 aromatic rings. The first kappa shape index (κ1) is 16.1. The molecule has 0 spiro atoms. The fourth-order valence-corrected chi connectivity index (χ4v) is 2.81. The number of pyridine rings is 1. The predicted octanol–water partition coefficient (Wildman–Crippen LogP) is 3.91. The summed E-state index contributed by atoms with van der Waals surface area (Å²) in [5.41, 5.74) is 2.17. The highest BCUT2D eigenvalue weighted by molar-refractivity contribution is 7.13. The highest BCUT2D eigenvalue weighted by Gasteiger charge is 2.09. The van der Waals surface area contributed by atoms with E-state index >= 15 is 0 Å². The summed E-state index contributed by atoms with van der Waals surface area (Å²) in [6.45, 7) is 1.98. The van der Waals surface area contributed by atoms with E-state index < -0.39 is 5.82 Å². The van der Waals surface area contributed by atoms with E-state index in [2.05, 4.69) is 20.6 Å². The molecule has 0 bridgehead atoms. The van der Waals surface area contributed by atoms with Crippen LogP contribution in [0.15, 0.2) is 48.0 Å². The van der Waals surface area contributed by atoms with E-state index in [9.17, 15) is 9.18 Å². The number of nitrogens with one attached hydrogen (secondary N) is 2. The Hall–Kier alpha value is -2.80. The highest BCUT2D eigenvalue weighted by atomic mass is 32.1. The van der Waals surface area contributed by atoms with Crippen molar-refractivity contribution in [2.24, 2.45) is 0 Å². The lowest BCUT2D eigenvalue weighted by atomic mass is 10.3. The zero-order valence-electron chi connectivity index (χ0n) is 12.9. The molecule has 2 aromatic heterocycles. The van der Waals surface area contributed by atoms with Crippen LogP contribution in [0.25, 0.3) is 0 Å². The molecule has 122 valence electrons. The van der Waals surface area contributed by atoms with Crippen molar-refractivity contribution < 1.29 is 9.18 Å². The standard InChI is InChI=1S/C17H15FN4OS/c1-11-5-6-19-15(7-11)22-17-21-14(10-24-17)9-16(23)20-13-4-2-3-12(18)8-13/h2-8,10H,9H2,1H3,(H,20,23)(H,19,21,22). The number of nitrogens with zero attached hydrogens (tertiary/aromatic N) is 2. The molecular weight excluding hydrogens is 327 g/mol. The van der Waals surface area contributed by atoms with E-state index in [1.54, 1.807) is 18.3 Å². The summed E-state index contributed by atoms with van der Waals surface area (Å²) in [5.74, 6) is 0.0739. The summed E-state index contributed by atoms with van der Waals surface area (Å²) in [6.07, 6.45) is 1.84. The van der Waals surface area contributed by atoms with Crippen molar-refractivity contribution in [1.29, 1.82) is 0 Å². The number of aryl methyl sites for hydroxylation is 1. The van der Waals surface area contributed by atoms with Crippen LogP contribution >= 0.6 is 11.3 Å². The van der Waals surface area contributed by atoms with E-state index in [0.29, 0.717) is 22.3 Å². The summed E-state index contributed by atoms with van der Waals surface area (Å²) in [7, 11) is 0. The SMILES string of the molecule is Cc1ccnc(Nc2nc(CC(=O)Nc3cccc(F)c3)cs2)c1. The molecule has 1 aromatic carbocycles. The van der Waals surface area contributed by atoms with Gasteiger partial charge in [0.05, 0.1) is 12.1 Å². The molecule has 2 N–H and O–H groups in total. The number of halogens is 1. The minimum atomic E-state index is -0.390. The normalized spacial score (nSPS) is 10.4. The molecule has 0 fully saturated rings. The van der Waals surface area contributed by atoms with E-state index in [1.165, 1.54) is 23.5 Å². The maximum atomic E-state index is 13.1. The van der Waals surface area contributed by atoms with Gasteiger partial charge in [0, 0.05) is 17.3 Å². The number of carbonyl (C=O) groups excluding carboxylic acids is 1. The Balaban J connectivity index is 1.60. The van der Waals surface area contributed by atoms with Crippen LogP contribution < -0.4 is 10.6 Å². The minimum Gasteiger partial charge on any atom is -0.326 e. The summed E-state index contributed by atoms with van der Waals surface area (Å²) in [5, 5.41) is 8.24. The number of thiazole rings is 1. The molecule has 0 saturated carbocycles. The molecule has 24 heavy (non-hydrogen) atoms. The molecule has 0 unspecified atom stereocenters. The molecule has 7 heteroatoms. The zero-order chi connectivity index (χ0) is 16.9. The van der Waals surface area contributed by atoms with Crippen LogP contribution in [0.1, 0.15) is 11.3 Å². The van der Waals surface area contributed by atoms with Crippen molar-refractivity contribution in [3.63, 3.8) is 0 Å². The van der Waals surface area contributed by atoms with E-state index in [-0.39, 0.29) is 12.3 Å². The van der Waals surface area contributed by atoms with Gasteiger partial charge in [0.25, 0.3) is 0 Å². The summed E-state index contributed by atoms with van der Waals surface area (Å²) >= 11 is 1.40. The van der Waals surface area contributed by atoms with Crippen LogP contribution in [0.4, 0.5) is 21.0 Å². The smallest absolute Gasteiger partial charge is 0.230 e. The lowest BCUT2D eigenvalue weighted by Crippen LogP contribution is -2.14. The summed E-state index contributed by atoms with van der Waals surface area (Å²) < 4.78 is 13.1. The Bertz CT molecular complexity index is 865. The Kier molecular flexibility index (Phi) is 4.81. The molecular formula is C17H15FN4OS. The van der Waals surface area contributed by atoms with Crippen molar-refractivity contribution in [2.45, 2.75) is 13.3 Å². The van der Waals surface area contributed by atoms with E-state index in [4.69, 9.17) is 0 Å². The highest BCUT2D eigenvalue weighted by Crippen LogP contribution is 2.20. The first-order valence-electron chi connectivity index (χ1n) is 7.28. The third-order valence-corrected chi connectivity index (χ3v) is 3.96. The quantitative estimate of drug-likeness (QED) is 0.738. The Morgan fingerprint density at radius 1 is 1.29 bits per heavy atom. The Morgan fingerprint density at radius 3 is 2.96 bits per heavy atom. The van der Waals surface area contributed by atoms with Gasteiger partial charge in [-0.05, 0) is 42.8 Å². The number of hydrogen-bond acceptors (Lipinski definition) is 5. The molecule has 5 nitrogen and oxygen atoms in total. The van der Waals surface area contributed by atoms with Crippen LogP contribution in [0.5, 0.6) is 0 Å². The Morgan fingerprint density at radius 2 is 2.17 bits per heavy atom. The molecule has 1 amide bonds. The second kappa shape index (κ2) is 7.18. The molecule has 2 heterocycles. The molecule has 0 aliphatic heterocycles. The summed E-state index contributed by atoms with van der Waals surface area (Å²) in [4.78, 5) is 20.6. The fraction of sp³-hybridized carbons (Fsp3) is 0.118. The number of amides is 1. The van der Waals surface area contributed by atoms with Crippen LogP contribution in [0.2, 0.25) is 0 Å². The van der Waals surface area contributed by atoms with Gasteiger partial charge in [-0.3, -0.25) is 4.79 Å². The molecule has 0 atom stereocenters. The lowest BCUT2D eigenvalue weighted by molar-refractivity contribution is -0.115. The van der Waals surface area contributed by atoms with Gasteiger partial charge in [-0.25, -0.2) is 14.4 Å². The van der Waals surface area contributed by atoms with Crippen molar-refractivity contribution in [3.8, 4) is 0 Å². The average Bonchev–Trinajstić information content (AvgIpc) is 2.94. The van der Waals surface area contributed by atoms with E-state index in [0.717, 1.165) is 5.56 Å². The molecule has 0 aliphatic rings. The van der Waals surface area contributed by atoms with Gasteiger partial charge in [-0.1, -0.05) is 6.07 Å². The third kappa shape index (κ3) is 4.36. The number of carbonyl (C=O) groups is 1. The monoisotopic (exact) mass is 342 g/mol. The van der Waals surface area contributed by atoms with Crippen molar-refractivity contribution in [3.05, 3.63) is 65.0 Å². The second-order valence-electron chi connectivity index (χ2n) is 5.22. The van der Waals surface area contributed by atoms with Gasteiger partial charge in [0.1, 0.15) is 11.6 Å². The van der Waals surface area contributed by atoms with Crippen LogP contribution in [-0.2, 0) is 11.2 Å². The van der Waals surface area contributed by atoms with Crippen LogP contribution in [0, 0.1) is 12.7 Å². The van der Waals surface area contributed by atoms with Crippen molar-refractivity contribution in [2.75, 3.05) is 10.6 Å². The van der Waals surface area contributed by atoms with Gasteiger partial charge >= 0.3 is 0 Å². The average molecular weight is 342 g/mol. The molecule has 3 rings (SSSR count). The number of rotatable bonds is 5. The van der Waals surface area contributed by atoms with Crippen molar-refractivity contribution >= 4 is 33.9 Å². The molecule has 0 saturated heterocycles. The Labute approximate surface area is 142 Å². The maximum absolute atomic E-state index is 13.1. The minimum absolute atomic E-state index is 0.121. The predicted molar refractivity (Wildman–Crippen MR) is 93.1 cm³/mol. The third-order valence-electron chi connectivity index (χ3n) is 3.15. The maximum Gasteiger partial charge on any atom is 0.230 e. The summed E-state index contributed by atoms with van der Waals surface area (Å²) in [6, 6.07) is 9.61. The second-order valence-corrected chi connectivity index (χ2v) is 6.08. The number of aromatic nitrogens is 2. The first-order valence-corrected chi connectivity index (χ1v) is 8.16. The van der Waals surface area contributed by atoms with Crippen LogP contribution in [0.3, 0.4) is 0 Å². The van der Waals surface area contributed by atoms with E-state index in [1.807, 2.05) is 24.4 Å². The number of hydrogen-bond donors (Lipinski definition) is 2.